The fourth-order valence-corrected chi connectivity index (χ4v) is 3.06. The van der Waals surface area contributed by atoms with Crippen molar-refractivity contribution in [2.45, 2.75) is 26.7 Å². The van der Waals surface area contributed by atoms with E-state index in [1.807, 2.05) is 38.1 Å². The summed E-state index contributed by atoms with van der Waals surface area (Å²) in [5.41, 5.74) is 0.563. The lowest BCUT2D eigenvalue weighted by Gasteiger charge is -2.19. The molecular formula is C23H29ClN2O5. The van der Waals surface area contributed by atoms with E-state index >= 15 is 0 Å². The number of nitrogens with zero attached hydrogens (tertiary/aromatic N) is 1. The third-order valence-electron chi connectivity index (χ3n) is 4.56. The number of methoxy groups -OCH3 is 1. The molecule has 168 valence electrons. The van der Waals surface area contributed by atoms with Gasteiger partial charge in [-0.05, 0) is 62.7 Å². The van der Waals surface area contributed by atoms with Crippen LogP contribution in [0.15, 0.2) is 42.5 Å². The Morgan fingerprint density at radius 1 is 1.00 bits per heavy atom. The molecule has 0 unspecified atom stereocenters. The van der Waals surface area contributed by atoms with Crippen LogP contribution in [0.5, 0.6) is 17.2 Å². The Balaban J connectivity index is 1.74. The van der Waals surface area contributed by atoms with Gasteiger partial charge in [0.2, 0.25) is 5.91 Å². The number of amides is 2. The zero-order valence-electron chi connectivity index (χ0n) is 18.2. The van der Waals surface area contributed by atoms with Gasteiger partial charge in [-0.1, -0.05) is 11.6 Å². The van der Waals surface area contributed by atoms with Crippen molar-refractivity contribution < 1.29 is 23.8 Å². The van der Waals surface area contributed by atoms with Crippen LogP contribution in [0.3, 0.4) is 0 Å². The van der Waals surface area contributed by atoms with Crippen LogP contribution in [0.25, 0.3) is 0 Å². The molecule has 31 heavy (non-hydrogen) atoms. The number of likely N-dealkylation sites (N-methyl/N-ethyl adjacent to an activating group) is 1. The third-order valence-corrected chi connectivity index (χ3v) is 4.85. The molecule has 0 saturated heterocycles. The predicted molar refractivity (Wildman–Crippen MR) is 121 cm³/mol. The first-order valence-corrected chi connectivity index (χ1v) is 10.6. The van der Waals surface area contributed by atoms with Crippen molar-refractivity contribution in [3.05, 3.63) is 47.5 Å². The van der Waals surface area contributed by atoms with Gasteiger partial charge < -0.3 is 24.4 Å². The van der Waals surface area contributed by atoms with E-state index in [0.717, 1.165) is 11.5 Å². The van der Waals surface area contributed by atoms with Crippen LogP contribution in [0.2, 0.25) is 5.02 Å². The first-order valence-electron chi connectivity index (χ1n) is 10.2. The molecule has 0 aliphatic heterocycles. The molecule has 2 aromatic carbocycles. The van der Waals surface area contributed by atoms with Crippen molar-refractivity contribution in [3.8, 4) is 17.2 Å². The van der Waals surface area contributed by atoms with E-state index in [1.54, 1.807) is 30.2 Å². The first-order chi connectivity index (χ1) is 15.0. The highest BCUT2D eigenvalue weighted by Crippen LogP contribution is 2.28. The van der Waals surface area contributed by atoms with E-state index in [9.17, 15) is 9.59 Å². The summed E-state index contributed by atoms with van der Waals surface area (Å²) in [6.07, 6.45) is 0.880. The monoisotopic (exact) mass is 448 g/mol. The Morgan fingerprint density at radius 2 is 1.68 bits per heavy atom. The highest BCUT2D eigenvalue weighted by atomic mass is 35.5. The number of carbonyl (C=O) groups excluding carboxylic acids is 2. The number of halogens is 1. The molecule has 2 rings (SSSR count). The molecule has 0 aromatic heterocycles. The highest BCUT2D eigenvalue weighted by Gasteiger charge is 2.12. The number of benzene rings is 2. The summed E-state index contributed by atoms with van der Waals surface area (Å²) in [5.74, 6) is 1.64. The highest BCUT2D eigenvalue weighted by molar-refractivity contribution is 6.32. The van der Waals surface area contributed by atoms with Crippen molar-refractivity contribution in [3.63, 3.8) is 0 Å². The molecule has 0 aliphatic rings. The summed E-state index contributed by atoms with van der Waals surface area (Å²) >= 11 is 6.23. The number of hydrogen-bond acceptors (Lipinski definition) is 5. The van der Waals surface area contributed by atoms with E-state index < -0.39 is 0 Å². The molecule has 8 heteroatoms. The van der Waals surface area contributed by atoms with Crippen LogP contribution < -0.4 is 19.5 Å². The second-order valence-corrected chi connectivity index (χ2v) is 7.08. The maximum atomic E-state index is 12.2. The normalized spacial score (nSPS) is 10.3. The van der Waals surface area contributed by atoms with Crippen molar-refractivity contribution >= 4 is 29.1 Å². The van der Waals surface area contributed by atoms with Crippen molar-refractivity contribution in [1.82, 2.24) is 4.90 Å². The summed E-state index contributed by atoms with van der Waals surface area (Å²) in [7, 11) is 1.61. The lowest BCUT2D eigenvalue weighted by Crippen LogP contribution is -2.34. The molecule has 1 N–H and O–H groups in total. The summed E-state index contributed by atoms with van der Waals surface area (Å²) in [4.78, 5) is 25.9. The Kier molecular flexibility index (Phi) is 9.97. The maximum absolute atomic E-state index is 12.2. The topological polar surface area (TPSA) is 77.1 Å². The molecule has 2 aromatic rings. The molecule has 0 bridgehead atoms. The van der Waals surface area contributed by atoms with E-state index in [4.69, 9.17) is 25.8 Å². The van der Waals surface area contributed by atoms with Crippen LogP contribution in [-0.4, -0.2) is 50.1 Å². The summed E-state index contributed by atoms with van der Waals surface area (Å²) < 4.78 is 16.2. The smallest absolute Gasteiger partial charge is 0.260 e. The fourth-order valence-electron chi connectivity index (χ4n) is 2.82. The minimum atomic E-state index is -0.139. The maximum Gasteiger partial charge on any atom is 0.260 e. The van der Waals surface area contributed by atoms with Gasteiger partial charge in [0.05, 0.1) is 18.7 Å². The van der Waals surface area contributed by atoms with Gasteiger partial charge in [-0.15, -0.1) is 0 Å². The van der Waals surface area contributed by atoms with E-state index in [1.165, 1.54) is 0 Å². The number of anilines is 1. The van der Waals surface area contributed by atoms with Crippen molar-refractivity contribution in [1.29, 1.82) is 0 Å². The number of nitrogens with one attached hydrogen (secondary N) is 1. The van der Waals surface area contributed by atoms with Crippen LogP contribution in [-0.2, 0) is 9.59 Å². The molecule has 0 saturated carbocycles. The van der Waals surface area contributed by atoms with Crippen molar-refractivity contribution in [2.75, 3.05) is 38.7 Å². The van der Waals surface area contributed by atoms with Gasteiger partial charge in [0.1, 0.15) is 17.2 Å². The van der Waals surface area contributed by atoms with E-state index in [-0.39, 0.29) is 18.4 Å². The molecule has 0 atom stereocenters. The molecule has 0 fully saturated rings. The molecule has 0 aliphatic carbocycles. The van der Waals surface area contributed by atoms with Gasteiger partial charge in [0, 0.05) is 25.2 Å². The average Bonchev–Trinajstić information content (AvgIpc) is 2.77. The lowest BCUT2D eigenvalue weighted by atomic mass is 10.2. The average molecular weight is 449 g/mol. The van der Waals surface area contributed by atoms with Crippen LogP contribution in [0, 0.1) is 0 Å². The molecule has 7 nitrogen and oxygen atoms in total. The molecular weight excluding hydrogens is 420 g/mol. The summed E-state index contributed by atoms with van der Waals surface area (Å²) in [5, 5.41) is 3.13. The second kappa shape index (κ2) is 12.7. The predicted octanol–water partition coefficient (Wildman–Crippen LogP) is 4.39. The molecule has 0 spiro atoms. The Hall–Kier alpha value is -2.93. The van der Waals surface area contributed by atoms with Gasteiger partial charge in [-0.25, -0.2) is 0 Å². The standard InChI is InChI=1S/C23H29ClN2O5/c1-4-26(5-2)23(28)16-31-21-13-8-17(15-20(21)24)25-22(27)7-6-14-30-19-11-9-18(29-3)10-12-19/h8-13,15H,4-7,14,16H2,1-3H3,(H,25,27). The number of hydrogen-bond donors (Lipinski definition) is 1. The third kappa shape index (κ3) is 8.02. The van der Waals surface area contributed by atoms with Crippen molar-refractivity contribution in [2.24, 2.45) is 0 Å². The summed E-state index contributed by atoms with van der Waals surface area (Å²) in [6, 6.07) is 12.2. The van der Waals surface area contributed by atoms with Gasteiger partial charge in [0.15, 0.2) is 6.61 Å². The Morgan fingerprint density at radius 3 is 2.29 bits per heavy atom. The minimum absolute atomic E-state index is 0.0820. The fraction of sp³-hybridized carbons (Fsp3) is 0.391. The molecule has 0 radical (unpaired) electrons. The first kappa shape index (κ1) is 24.3. The number of carbonyl (C=O) groups is 2. The van der Waals surface area contributed by atoms with Gasteiger partial charge >= 0.3 is 0 Å². The summed E-state index contributed by atoms with van der Waals surface area (Å²) in [6.45, 7) is 5.42. The molecule has 2 amide bonds. The van der Waals surface area contributed by atoms with E-state index in [2.05, 4.69) is 5.32 Å². The quantitative estimate of drug-likeness (QED) is 0.487. The van der Waals surface area contributed by atoms with Gasteiger partial charge in [0.25, 0.3) is 5.91 Å². The molecule has 0 heterocycles. The second-order valence-electron chi connectivity index (χ2n) is 6.68. The number of ether oxygens (including phenoxy) is 3. The Labute approximate surface area is 188 Å². The largest absolute Gasteiger partial charge is 0.497 e. The number of rotatable bonds is 12. The van der Waals surface area contributed by atoms with Crippen LogP contribution >= 0.6 is 11.6 Å². The zero-order valence-corrected chi connectivity index (χ0v) is 18.9. The Bertz CT molecular complexity index is 854. The van der Waals surface area contributed by atoms with Crippen LogP contribution in [0.1, 0.15) is 26.7 Å². The van der Waals surface area contributed by atoms with Gasteiger partial charge in [-0.2, -0.15) is 0 Å². The van der Waals surface area contributed by atoms with Gasteiger partial charge in [-0.3, -0.25) is 9.59 Å². The minimum Gasteiger partial charge on any atom is -0.497 e. The zero-order chi connectivity index (χ0) is 22.6. The SMILES string of the molecule is CCN(CC)C(=O)COc1ccc(NC(=O)CCCOc2ccc(OC)cc2)cc1Cl. The lowest BCUT2D eigenvalue weighted by molar-refractivity contribution is -0.133. The van der Waals surface area contributed by atoms with Crippen LogP contribution in [0.4, 0.5) is 5.69 Å². The van der Waals surface area contributed by atoms with E-state index in [0.29, 0.717) is 49.0 Å².